The monoisotopic (exact) mass is 316 g/mol. The van der Waals surface area contributed by atoms with Gasteiger partial charge in [0.25, 0.3) is 0 Å². The topological polar surface area (TPSA) is 52.1 Å². The number of aryl methyl sites for hydroxylation is 1. The first kappa shape index (κ1) is 14.6. The van der Waals surface area contributed by atoms with Gasteiger partial charge in [-0.05, 0) is 20.8 Å². The minimum Gasteiger partial charge on any atom is -0.462 e. The van der Waals surface area contributed by atoms with E-state index >= 15 is 0 Å². The largest absolute Gasteiger partial charge is 0.462 e. The van der Waals surface area contributed by atoms with Gasteiger partial charge in [-0.1, -0.05) is 23.4 Å². The summed E-state index contributed by atoms with van der Waals surface area (Å²) in [5.41, 5.74) is 0. The van der Waals surface area contributed by atoms with Crippen LogP contribution in [0.15, 0.2) is 11.4 Å². The van der Waals surface area contributed by atoms with Gasteiger partial charge in [-0.25, -0.2) is 9.97 Å². The van der Waals surface area contributed by atoms with Gasteiger partial charge in [-0.15, -0.1) is 11.3 Å². The summed E-state index contributed by atoms with van der Waals surface area (Å²) in [4.78, 5) is 21.8. The van der Waals surface area contributed by atoms with Gasteiger partial charge in [0, 0.05) is 4.88 Å². The smallest absolute Gasteiger partial charge is 0.316 e. The summed E-state index contributed by atoms with van der Waals surface area (Å²) < 4.78 is 5.09. The summed E-state index contributed by atoms with van der Waals surface area (Å²) >= 11 is 9.10. The van der Waals surface area contributed by atoms with E-state index in [9.17, 15) is 4.79 Å². The number of hydrogen-bond acceptors (Lipinski definition) is 6. The van der Waals surface area contributed by atoms with Gasteiger partial charge in [0.05, 0.1) is 22.3 Å². The van der Waals surface area contributed by atoms with Crippen LogP contribution in [-0.4, -0.2) is 27.8 Å². The molecular formula is C12H13ClN2O2S2. The third kappa shape index (κ3) is 3.38. The summed E-state index contributed by atoms with van der Waals surface area (Å²) in [6.07, 6.45) is 1.38. The minimum atomic E-state index is -0.255. The Hall–Kier alpha value is -0.850. The van der Waals surface area contributed by atoms with Gasteiger partial charge in [0.1, 0.15) is 16.2 Å². The van der Waals surface area contributed by atoms with Crippen LogP contribution in [0, 0.1) is 6.92 Å². The van der Waals surface area contributed by atoms with Gasteiger partial charge < -0.3 is 4.74 Å². The number of aromatic nitrogens is 2. The molecule has 0 atom stereocenters. The lowest BCUT2D eigenvalue weighted by atomic mass is 10.4. The van der Waals surface area contributed by atoms with Crippen molar-refractivity contribution in [3.8, 4) is 0 Å². The van der Waals surface area contributed by atoms with E-state index in [1.165, 1.54) is 29.4 Å². The Kier molecular flexibility index (Phi) is 4.65. The fourth-order valence-electron chi connectivity index (χ4n) is 1.52. The molecule has 19 heavy (non-hydrogen) atoms. The number of esters is 1. The molecule has 2 aromatic rings. The lowest BCUT2D eigenvalue weighted by Gasteiger charge is -2.07. The standard InChI is InChI=1S/C12H13ClN2O2S2/c1-6(2)17-8(16)4-18-11-9-10(13)7(3)19-12(9)15-5-14-11/h5-6H,4H2,1-3H3. The van der Waals surface area contributed by atoms with Crippen LogP contribution in [0.4, 0.5) is 0 Å². The van der Waals surface area contributed by atoms with Gasteiger partial charge in [-0.2, -0.15) is 0 Å². The Labute approximate surface area is 124 Å². The average Bonchev–Trinajstić information content (AvgIpc) is 2.62. The second-order valence-corrected chi connectivity index (χ2v) is 6.70. The molecule has 0 fully saturated rings. The van der Waals surface area contributed by atoms with E-state index in [-0.39, 0.29) is 17.8 Å². The van der Waals surface area contributed by atoms with Crippen molar-refractivity contribution in [1.82, 2.24) is 9.97 Å². The maximum atomic E-state index is 11.5. The quantitative estimate of drug-likeness (QED) is 0.489. The number of thioether (sulfide) groups is 1. The lowest BCUT2D eigenvalue weighted by molar-refractivity contribution is -0.144. The molecule has 2 aromatic heterocycles. The molecule has 0 N–H and O–H groups in total. The van der Waals surface area contributed by atoms with E-state index in [1.54, 1.807) is 0 Å². The molecule has 0 spiro atoms. The first-order valence-electron chi connectivity index (χ1n) is 5.71. The Morgan fingerprint density at radius 2 is 2.26 bits per heavy atom. The van der Waals surface area contributed by atoms with Crippen molar-refractivity contribution in [2.75, 3.05) is 5.75 Å². The minimum absolute atomic E-state index is 0.106. The molecule has 0 bridgehead atoms. The molecule has 7 heteroatoms. The number of rotatable bonds is 4. The molecular weight excluding hydrogens is 304 g/mol. The van der Waals surface area contributed by atoms with Crippen LogP contribution in [0.25, 0.3) is 10.2 Å². The molecule has 4 nitrogen and oxygen atoms in total. The summed E-state index contributed by atoms with van der Waals surface area (Å²) in [5, 5.41) is 2.22. The van der Waals surface area contributed by atoms with E-state index in [0.717, 1.165) is 20.1 Å². The highest BCUT2D eigenvalue weighted by molar-refractivity contribution is 8.00. The second kappa shape index (κ2) is 6.07. The van der Waals surface area contributed by atoms with E-state index in [2.05, 4.69) is 9.97 Å². The van der Waals surface area contributed by atoms with E-state index in [1.807, 2.05) is 20.8 Å². The fourth-order valence-corrected chi connectivity index (χ4v) is 3.66. The highest BCUT2D eigenvalue weighted by Gasteiger charge is 2.15. The number of nitrogens with zero attached hydrogens (tertiary/aromatic N) is 2. The van der Waals surface area contributed by atoms with Crippen molar-refractivity contribution < 1.29 is 9.53 Å². The van der Waals surface area contributed by atoms with Crippen molar-refractivity contribution in [3.63, 3.8) is 0 Å². The van der Waals surface area contributed by atoms with Gasteiger partial charge >= 0.3 is 5.97 Å². The van der Waals surface area contributed by atoms with Gasteiger partial charge in [0.15, 0.2) is 0 Å². The summed E-state index contributed by atoms with van der Waals surface area (Å²) in [7, 11) is 0. The van der Waals surface area contributed by atoms with Crippen LogP contribution in [0.3, 0.4) is 0 Å². The maximum absolute atomic E-state index is 11.5. The van der Waals surface area contributed by atoms with Crippen molar-refractivity contribution in [2.45, 2.75) is 31.9 Å². The van der Waals surface area contributed by atoms with Crippen LogP contribution in [-0.2, 0) is 9.53 Å². The highest BCUT2D eigenvalue weighted by Crippen LogP contribution is 2.38. The number of carbonyl (C=O) groups is 1. The SMILES string of the molecule is Cc1sc2ncnc(SCC(=O)OC(C)C)c2c1Cl. The van der Waals surface area contributed by atoms with Gasteiger partial charge in [-0.3, -0.25) is 4.79 Å². The van der Waals surface area contributed by atoms with Gasteiger partial charge in [0.2, 0.25) is 0 Å². The predicted octanol–water partition coefficient (Wildman–Crippen LogP) is 3.70. The van der Waals surface area contributed by atoms with Crippen LogP contribution in [0.2, 0.25) is 5.02 Å². The zero-order valence-corrected chi connectivity index (χ0v) is 13.2. The van der Waals surface area contributed by atoms with Crippen LogP contribution in [0.5, 0.6) is 0 Å². The molecule has 0 aliphatic carbocycles. The third-order valence-electron chi connectivity index (χ3n) is 2.25. The first-order chi connectivity index (χ1) is 8.99. The second-order valence-electron chi connectivity index (χ2n) is 4.16. The molecule has 0 saturated heterocycles. The molecule has 0 aromatic carbocycles. The first-order valence-corrected chi connectivity index (χ1v) is 7.89. The molecule has 0 aliphatic heterocycles. The molecule has 2 heterocycles. The molecule has 0 amide bonds. The molecule has 0 aliphatic rings. The van der Waals surface area contributed by atoms with Crippen LogP contribution >= 0.6 is 34.7 Å². The van der Waals surface area contributed by atoms with Crippen LogP contribution in [0.1, 0.15) is 18.7 Å². The Morgan fingerprint density at radius 3 is 2.95 bits per heavy atom. The molecule has 0 unspecified atom stereocenters. The average molecular weight is 317 g/mol. The summed E-state index contributed by atoms with van der Waals surface area (Å²) in [6.45, 7) is 5.59. The predicted molar refractivity (Wildman–Crippen MR) is 79.1 cm³/mol. The Morgan fingerprint density at radius 1 is 1.53 bits per heavy atom. The van der Waals surface area contributed by atoms with Crippen molar-refractivity contribution in [2.24, 2.45) is 0 Å². The zero-order valence-electron chi connectivity index (χ0n) is 10.8. The number of halogens is 1. The zero-order chi connectivity index (χ0) is 14.0. The molecule has 102 valence electrons. The number of hydrogen-bond donors (Lipinski definition) is 0. The fraction of sp³-hybridized carbons (Fsp3) is 0.417. The van der Waals surface area contributed by atoms with E-state index < -0.39 is 0 Å². The number of fused-ring (bicyclic) bond motifs is 1. The lowest BCUT2D eigenvalue weighted by Crippen LogP contribution is -2.13. The van der Waals surface area contributed by atoms with Crippen LogP contribution < -0.4 is 0 Å². The van der Waals surface area contributed by atoms with Crippen molar-refractivity contribution >= 4 is 50.9 Å². The Bertz CT molecular complexity index is 613. The van der Waals surface area contributed by atoms with E-state index in [4.69, 9.17) is 16.3 Å². The summed E-state index contributed by atoms with van der Waals surface area (Å²) in [6, 6.07) is 0. The summed E-state index contributed by atoms with van der Waals surface area (Å²) in [5.74, 6) is -0.0370. The highest BCUT2D eigenvalue weighted by atomic mass is 35.5. The van der Waals surface area contributed by atoms with Crippen molar-refractivity contribution in [3.05, 3.63) is 16.2 Å². The number of thiophene rings is 1. The van der Waals surface area contributed by atoms with Crippen molar-refractivity contribution in [1.29, 1.82) is 0 Å². The molecule has 2 rings (SSSR count). The molecule has 0 radical (unpaired) electrons. The maximum Gasteiger partial charge on any atom is 0.316 e. The number of ether oxygens (including phenoxy) is 1. The number of carbonyl (C=O) groups excluding carboxylic acids is 1. The molecule has 0 saturated carbocycles. The van der Waals surface area contributed by atoms with E-state index in [0.29, 0.717) is 5.02 Å². The normalized spacial score (nSPS) is 11.2. The third-order valence-corrected chi connectivity index (χ3v) is 4.81. The Balaban J connectivity index is 2.19.